The minimum Gasteiger partial charge on any atom is -0.494 e. The topological polar surface area (TPSA) is 150 Å². The van der Waals surface area contributed by atoms with Gasteiger partial charge in [0.05, 0.1) is 38.7 Å². The number of rotatable bonds is 21. The van der Waals surface area contributed by atoms with Crippen molar-refractivity contribution in [1.29, 1.82) is 0 Å². The maximum atomic E-state index is 12.6. The van der Waals surface area contributed by atoms with E-state index in [1.165, 1.54) is 13.5 Å². The first-order chi connectivity index (χ1) is 24.1. The number of hydrogen-bond acceptors (Lipinski definition) is 12. The lowest BCUT2D eigenvalue weighted by atomic mass is 9.98. The van der Waals surface area contributed by atoms with Crippen LogP contribution in [0.4, 0.5) is 0 Å². The molecule has 1 aliphatic carbocycles. The molecule has 1 aliphatic rings. The standard InChI is InChI=1S/C38H46O12/c1-27(25-34(39)44-3)37(42)48-24-23-46-31-17-19-33(20-18-31)50-38(43)29-13-15-30(16-14-29)45-21-9-4-5-10-22-47-36(41)28(2)26-35(40)49-32-11-7-6-8-12-32/h13-20,32H,1-2,4-12,21-26H2,3H3. The summed E-state index contributed by atoms with van der Waals surface area (Å²) in [6.07, 6.45) is 7.79. The summed E-state index contributed by atoms with van der Waals surface area (Å²) in [5.74, 6) is -1.40. The van der Waals surface area contributed by atoms with E-state index in [4.69, 9.17) is 28.4 Å². The van der Waals surface area contributed by atoms with Crippen molar-refractivity contribution in [2.24, 2.45) is 0 Å². The molecule has 1 saturated carbocycles. The Labute approximate surface area is 292 Å². The fourth-order valence-electron chi connectivity index (χ4n) is 4.84. The fraction of sp³-hybridized carbons (Fsp3) is 0.447. The van der Waals surface area contributed by atoms with Crippen LogP contribution in [0.15, 0.2) is 72.8 Å². The molecule has 270 valence electrons. The first kappa shape index (κ1) is 39.3. The van der Waals surface area contributed by atoms with E-state index >= 15 is 0 Å². The molecule has 0 bridgehead atoms. The quantitative estimate of drug-likeness (QED) is 0.0478. The molecule has 0 radical (unpaired) electrons. The van der Waals surface area contributed by atoms with Crippen molar-refractivity contribution >= 4 is 29.8 Å². The van der Waals surface area contributed by atoms with E-state index in [2.05, 4.69) is 17.9 Å². The molecule has 0 unspecified atom stereocenters. The van der Waals surface area contributed by atoms with Gasteiger partial charge in [0, 0.05) is 11.1 Å². The predicted molar refractivity (Wildman–Crippen MR) is 182 cm³/mol. The molecule has 0 aliphatic heterocycles. The summed E-state index contributed by atoms with van der Waals surface area (Å²) >= 11 is 0. The predicted octanol–water partition coefficient (Wildman–Crippen LogP) is 6.25. The van der Waals surface area contributed by atoms with E-state index in [0.717, 1.165) is 44.9 Å². The van der Waals surface area contributed by atoms with Gasteiger partial charge in [-0.2, -0.15) is 0 Å². The Balaban J connectivity index is 1.23. The number of hydrogen-bond donors (Lipinski definition) is 0. The summed E-state index contributed by atoms with van der Waals surface area (Å²) in [5, 5.41) is 0. The number of esters is 5. The number of ether oxygens (including phenoxy) is 7. The molecule has 0 N–H and O–H groups in total. The molecule has 12 heteroatoms. The Bertz CT molecular complexity index is 1440. The number of benzene rings is 2. The van der Waals surface area contributed by atoms with E-state index in [-0.39, 0.29) is 49.9 Å². The second-order valence-electron chi connectivity index (χ2n) is 11.7. The lowest BCUT2D eigenvalue weighted by molar-refractivity contribution is -0.151. The van der Waals surface area contributed by atoms with Gasteiger partial charge in [0.25, 0.3) is 0 Å². The summed E-state index contributed by atoms with van der Waals surface area (Å²) in [5.41, 5.74) is 0.450. The van der Waals surface area contributed by atoms with Gasteiger partial charge >= 0.3 is 29.8 Å². The van der Waals surface area contributed by atoms with Gasteiger partial charge in [0.2, 0.25) is 0 Å². The van der Waals surface area contributed by atoms with Crippen molar-refractivity contribution in [2.45, 2.75) is 76.7 Å². The number of unbranched alkanes of at least 4 members (excludes halogenated alkanes) is 3. The first-order valence-corrected chi connectivity index (χ1v) is 16.8. The van der Waals surface area contributed by atoms with E-state index in [0.29, 0.717) is 35.8 Å². The van der Waals surface area contributed by atoms with Crippen molar-refractivity contribution in [3.63, 3.8) is 0 Å². The van der Waals surface area contributed by atoms with Gasteiger partial charge in [-0.25, -0.2) is 14.4 Å². The molecule has 1 fully saturated rings. The van der Waals surface area contributed by atoms with E-state index in [1.54, 1.807) is 48.5 Å². The van der Waals surface area contributed by atoms with Crippen molar-refractivity contribution in [3.05, 3.63) is 78.4 Å². The molecule has 0 amide bonds. The highest BCUT2D eigenvalue weighted by Crippen LogP contribution is 2.22. The molecule has 0 atom stereocenters. The van der Waals surface area contributed by atoms with Crippen LogP contribution in [0.2, 0.25) is 0 Å². The minimum absolute atomic E-state index is 0.0120. The van der Waals surface area contributed by atoms with Crippen LogP contribution in [-0.2, 0) is 38.1 Å². The highest BCUT2D eigenvalue weighted by Gasteiger charge is 2.20. The highest BCUT2D eigenvalue weighted by molar-refractivity contribution is 5.94. The summed E-state index contributed by atoms with van der Waals surface area (Å²) in [7, 11) is 1.22. The third kappa shape index (κ3) is 15.0. The number of carbonyl (C=O) groups excluding carboxylic acids is 5. The van der Waals surface area contributed by atoms with Crippen LogP contribution < -0.4 is 14.2 Å². The van der Waals surface area contributed by atoms with E-state index in [9.17, 15) is 24.0 Å². The van der Waals surface area contributed by atoms with Crippen molar-refractivity contribution in [3.8, 4) is 17.2 Å². The Morgan fingerprint density at radius 1 is 0.620 bits per heavy atom. The lowest BCUT2D eigenvalue weighted by Crippen LogP contribution is -2.22. The molecule has 0 saturated heterocycles. The van der Waals surface area contributed by atoms with E-state index < -0.39 is 29.8 Å². The summed E-state index contributed by atoms with van der Waals surface area (Å²) in [6.45, 7) is 7.94. The Hall–Kier alpha value is -5.13. The second-order valence-corrected chi connectivity index (χ2v) is 11.7. The molecular weight excluding hydrogens is 648 g/mol. The van der Waals surface area contributed by atoms with Crippen molar-refractivity contribution in [1.82, 2.24) is 0 Å². The molecule has 0 heterocycles. The van der Waals surface area contributed by atoms with Crippen molar-refractivity contribution < 1.29 is 57.1 Å². The average Bonchev–Trinajstić information content (AvgIpc) is 3.12. The largest absolute Gasteiger partial charge is 0.494 e. The zero-order chi connectivity index (χ0) is 36.1. The van der Waals surface area contributed by atoms with Gasteiger partial charge in [-0.05, 0) is 99.9 Å². The van der Waals surface area contributed by atoms with Crippen LogP contribution >= 0.6 is 0 Å². The summed E-state index contributed by atoms with van der Waals surface area (Å²) in [6, 6.07) is 13.0. The van der Waals surface area contributed by atoms with Crippen LogP contribution in [0.1, 0.15) is 81.0 Å². The number of methoxy groups -OCH3 is 1. The summed E-state index contributed by atoms with van der Waals surface area (Å²) < 4.78 is 36.9. The average molecular weight is 695 g/mol. The monoisotopic (exact) mass is 694 g/mol. The Morgan fingerprint density at radius 2 is 1.14 bits per heavy atom. The molecule has 0 aromatic heterocycles. The Kier molecular flexibility index (Phi) is 17.1. The fourth-order valence-corrected chi connectivity index (χ4v) is 4.84. The molecule has 2 aromatic rings. The van der Waals surface area contributed by atoms with Gasteiger partial charge in [-0.3, -0.25) is 9.59 Å². The molecular formula is C38H46O12. The summed E-state index contributed by atoms with van der Waals surface area (Å²) in [4.78, 5) is 59.8. The molecule has 3 rings (SSSR count). The van der Waals surface area contributed by atoms with Gasteiger partial charge < -0.3 is 33.2 Å². The Morgan fingerprint density at radius 3 is 1.76 bits per heavy atom. The number of carbonyl (C=O) groups is 5. The minimum atomic E-state index is -0.708. The van der Waals surface area contributed by atoms with E-state index in [1.807, 2.05) is 0 Å². The molecule has 12 nitrogen and oxygen atoms in total. The van der Waals surface area contributed by atoms with Crippen LogP contribution in [0.25, 0.3) is 0 Å². The van der Waals surface area contributed by atoms with Crippen LogP contribution in [-0.4, -0.2) is 69.5 Å². The second kappa shape index (κ2) is 21.8. The first-order valence-electron chi connectivity index (χ1n) is 16.8. The van der Waals surface area contributed by atoms with Gasteiger partial charge in [-0.1, -0.05) is 19.6 Å². The normalized spacial score (nSPS) is 12.6. The van der Waals surface area contributed by atoms with Crippen LogP contribution in [0.3, 0.4) is 0 Å². The van der Waals surface area contributed by atoms with Crippen LogP contribution in [0, 0.1) is 0 Å². The van der Waals surface area contributed by atoms with Gasteiger partial charge in [-0.15, -0.1) is 0 Å². The van der Waals surface area contributed by atoms with Crippen molar-refractivity contribution in [2.75, 3.05) is 33.5 Å². The SMILES string of the molecule is C=C(CC(=O)OC)C(=O)OCCOc1ccc(OC(=O)c2ccc(OCCCCCCOC(=O)C(=C)CC(=O)OC3CCCCC3)cc2)cc1. The third-order valence-electron chi connectivity index (χ3n) is 7.62. The third-order valence-corrected chi connectivity index (χ3v) is 7.62. The highest BCUT2D eigenvalue weighted by atomic mass is 16.6. The van der Waals surface area contributed by atoms with Gasteiger partial charge in [0.1, 0.15) is 36.6 Å². The lowest BCUT2D eigenvalue weighted by Gasteiger charge is -2.21. The molecule has 0 spiro atoms. The smallest absolute Gasteiger partial charge is 0.343 e. The zero-order valence-electron chi connectivity index (χ0n) is 28.6. The molecule has 50 heavy (non-hydrogen) atoms. The maximum Gasteiger partial charge on any atom is 0.343 e. The maximum absolute atomic E-state index is 12.6. The van der Waals surface area contributed by atoms with Gasteiger partial charge in [0.15, 0.2) is 0 Å². The molecule has 2 aromatic carbocycles. The zero-order valence-corrected chi connectivity index (χ0v) is 28.6. The van der Waals surface area contributed by atoms with Crippen LogP contribution in [0.5, 0.6) is 17.2 Å².